The monoisotopic (exact) mass is 493 g/mol. The number of nitrogens with zero attached hydrogens (tertiary/aromatic N) is 1. The number of H-pyrrole nitrogens is 1. The van der Waals surface area contributed by atoms with Crippen LogP contribution in [0.25, 0.3) is 11.1 Å². The maximum absolute atomic E-state index is 12.6. The number of sulfone groups is 1. The Morgan fingerprint density at radius 3 is 2.32 bits per heavy atom. The van der Waals surface area contributed by atoms with Crippen molar-refractivity contribution in [1.29, 1.82) is 5.41 Å². The van der Waals surface area contributed by atoms with Crippen LogP contribution in [0.1, 0.15) is 0 Å². The molecule has 0 aliphatic heterocycles. The van der Waals surface area contributed by atoms with Crippen LogP contribution in [-0.2, 0) is 9.84 Å². The fourth-order valence-electron chi connectivity index (χ4n) is 2.89. The van der Waals surface area contributed by atoms with E-state index in [2.05, 4.69) is 20.6 Å². The van der Waals surface area contributed by atoms with Gasteiger partial charge in [0.2, 0.25) is 5.96 Å². The Labute approximate surface area is 194 Å². The van der Waals surface area contributed by atoms with Gasteiger partial charge in [0.15, 0.2) is 16.4 Å². The minimum atomic E-state index is -4.62. The summed E-state index contributed by atoms with van der Waals surface area (Å²) in [5.74, 6) is -0.768. The molecule has 0 aliphatic carbocycles. The van der Waals surface area contributed by atoms with Gasteiger partial charge in [0.25, 0.3) is 0 Å². The van der Waals surface area contributed by atoms with Crippen molar-refractivity contribution in [1.82, 2.24) is 4.98 Å². The predicted octanol–water partition coefficient (Wildman–Crippen LogP) is 4.02. The number of hydrogen-bond acceptors (Lipinski definition) is 5. The van der Waals surface area contributed by atoms with Gasteiger partial charge >= 0.3 is 6.18 Å². The van der Waals surface area contributed by atoms with E-state index in [4.69, 9.17) is 10.1 Å². The molecule has 0 unspecified atom stereocenters. The number of ether oxygens (including phenoxy) is 1. The topological polar surface area (TPSA) is 119 Å². The molecule has 0 bridgehead atoms. The fourth-order valence-corrected chi connectivity index (χ4v) is 3.52. The summed E-state index contributed by atoms with van der Waals surface area (Å²) in [6.07, 6.45) is -1.99. The molecule has 0 saturated carbocycles. The van der Waals surface area contributed by atoms with E-state index >= 15 is 0 Å². The SMILES string of the molecule is CNc1ccc(-c2cc/c(=N/C(=N)Nc3ccc(S(C)(=O)=O)cc3OCC(F)(F)F)[nH]c2)cc1. The number of aromatic nitrogens is 1. The first-order valence-corrected chi connectivity index (χ1v) is 11.7. The lowest BCUT2D eigenvalue weighted by Crippen LogP contribution is -2.21. The highest BCUT2D eigenvalue weighted by atomic mass is 32.2. The molecule has 0 amide bonds. The van der Waals surface area contributed by atoms with Gasteiger partial charge in [-0.3, -0.25) is 5.41 Å². The largest absolute Gasteiger partial charge is 0.482 e. The summed E-state index contributed by atoms with van der Waals surface area (Å²) < 4.78 is 66.1. The molecule has 3 aromatic rings. The number of halogens is 3. The molecule has 34 heavy (non-hydrogen) atoms. The predicted molar refractivity (Wildman–Crippen MR) is 124 cm³/mol. The lowest BCUT2D eigenvalue weighted by molar-refractivity contribution is -0.153. The second kappa shape index (κ2) is 10.00. The molecule has 1 aromatic heterocycles. The third kappa shape index (κ3) is 6.85. The first kappa shape index (κ1) is 24.8. The van der Waals surface area contributed by atoms with E-state index in [0.29, 0.717) is 5.49 Å². The Hall–Kier alpha value is -3.80. The summed E-state index contributed by atoms with van der Waals surface area (Å²) in [6, 6.07) is 14.6. The Morgan fingerprint density at radius 1 is 1.09 bits per heavy atom. The molecular formula is C22H22F3N5O3S. The Morgan fingerprint density at radius 2 is 1.76 bits per heavy atom. The van der Waals surface area contributed by atoms with Crippen molar-refractivity contribution in [2.45, 2.75) is 11.1 Å². The zero-order valence-electron chi connectivity index (χ0n) is 18.2. The van der Waals surface area contributed by atoms with Crippen LogP contribution in [0.4, 0.5) is 24.5 Å². The van der Waals surface area contributed by atoms with Gasteiger partial charge in [0, 0.05) is 31.3 Å². The van der Waals surface area contributed by atoms with Gasteiger partial charge in [-0.2, -0.15) is 18.2 Å². The lowest BCUT2D eigenvalue weighted by Gasteiger charge is -2.15. The van der Waals surface area contributed by atoms with Crippen molar-refractivity contribution in [3.63, 3.8) is 0 Å². The maximum Gasteiger partial charge on any atom is 0.422 e. The Bertz CT molecular complexity index is 1330. The van der Waals surface area contributed by atoms with Gasteiger partial charge in [0.1, 0.15) is 11.2 Å². The van der Waals surface area contributed by atoms with Crippen LogP contribution in [0, 0.1) is 5.41 Å². The number of aromatic amines is 1. The highest BCUT2D eigenvalue weighted by Crippen LogP contribution is 2.30. The molecule has 0 fully saturated rings. The van der Waals surface area contributed by atoms with Crippen molar-refractivity contribution in [2.75, 3.05) is 30.5 Å². The van der Waals surface area contributed by atoms with E-state index < -0.39 is 28.6 Å². The molecule has 0 atom stereocenters. The highest BCUT2D eigenvalue weighted by molar-refractivity contribution is 7.90. The zero-order valence-corrected chi connectivity index (χ0v) is 19.0. The van der Waals surface area contributed by atoms with Crippen LogP contribution in [0.3, 0.4) is 0 Å². The summed E-state index contributed by atoms with van der Waals surface area (Å²) in [7, 11) is -1.85. The maximum atomic E-state index is 12.6. The van der Waals surface area contributed by atoms with Gasteiger partial charge in [-0.1, -0.05) is 12.1 Å². The Kier molecular flexibility index (Phi) is 7.30. The molecule has 4 N–H and O–H groups in total. The average Bonchev–Trinajstić information content (AvgIpc) is 2.77. The molecule has 0 saturated heterocycles. The molecule has 180 valence electrons. The van der Waals surface area contributed by atoms with Gasteiger partial charge in [-0.25, -0.2) is 8.42 Å². The number of nitrogens with one attached hydrogen (secondary N) is 4. The second-order valence-corrected chi connectivity index (χ2v) is 9.23. The molecule has 0 aliphatic rings. The van der Waals surface area contributed by atoms with Crippen LogP contribution < -0.4 is 20.9 Å². The molecule has 1 heterocycles. The van der Waals surface area contributed by atoms with Crippen LogP contribution in [0.2, 0.25) is 0 Å². The van der Waals surface area contributed by atoms with Crippen molar-refractivity contribution in [2.24, 2.45) is 4.99 Å². The number of guanidine groups is 1. The van der Waals surface area contributed by atoms with Crippen LogP contribution in [0.5, 0.6) is 5.75 Å². The van der Waals surface area contributed by atoms with E-state index in [1.807, 2.05) is 31.3 Å². The number of rotatable bonds is 6. The molecule has 2 aromatic carbocycles. The van der Waals surface area contributed by atoms with Crippen molar-refractivity contribution in [3.05, 3.63) is 66.3 Å². The van der Waals surface area contributed by atoms with E-state index in [-0.39, 0.29) is 16.3 Å². The van der Waals surface area contributed by atoms with Gasteiger partial charge in [0.05, 0.1) is 10.6 Å². The Balaban J connectivity index is 1.81. The molecule has 3 rings (SSSR count). The zero-order chi connectivity index (χ0) is 24.9. The minimum absolute atomic E-state index is 0.0355. The number of alkyl halides is 3. The summed E-state index contributed by atoms with van der Waals surface area (Å²) in [6.45, 7) is -1.62. The van der Waals surface area contributed by atoms with Crippen LogP contribution >= 0.6 is 0 Å². The quantitative estimate of drug-likeness (QED) is 0.306. The van der Waals surface area contributed by atoms with E-state index in [1.54, 1.807) is 18.3 Å². The third-order valence-corrected chi connectivity index (χ3v) is 5.67. The van der Waals surface area contributed by atoms with Crippen molar-refractivity contribution >= 4 is 27.2 Å². The van der Waals surface area contributed by atoms with Gasteiger partial charge < -0.3 is 20.4 Å². The first-order chi connectivity index (χ1) is 15.9. The molecule has 8 nitrogen and oxygen atoms in total. The number of benzene rings is 2. The summed E-state index contributed by atoms with van der Waals surface area (Å²) in [5.41, 5.74) is 3.11. The van der Waals surface area contributed by atoms with Crippen LogP contribution in [0.15, 0.2) is 70.7 Å². The first-order valence-electron chi connectivity index (χ1n) is 9.85. The second-order valence-electron chi connectivity index (χ2n) is 7.21. The van der Waals surface area contributed by atoms with Crippen molar-refractivity contribution in [3.8, 4) is 16.9 Å². The fraction of sp³-hybridized carbons (Fsp3) is 0.182. The minimum Gasteiger partial charge on any atom is -0.482 e. The van der Waals surface area contributed by atoms with Crippen molar-refractivity contribution < 1.29 is 26.3 Å². The molecule has 0 radical (unpaired) electrons. The van der Waals surface area contributed by atoms with E-state index in [1.165, 1.54) is 12.1 Å². The summed E-state index contributed by atoms with van der Waals surface area (Å²) in [5, 5.41) is 13.6. The third-order valence-electron chi connectivity index (χ3n) is 4.56. The van der Waals surface area contributed by atoms with Crippen LogP contribution in [-0.4, -0.2) is 45.4 Å². The number of anilines is 2. The molecular weight excluding hydrogens is 471 g/mol. The molecule has 12 heteroatoms. The molecule has 0 spiro atoms. The van der Waals surface area contributed by atoms with Gasteiger partial charge in [-0.15, -0.1) is 0 Å². The summed E-state index contributed by atoms with van der Waals surface area (Å²) in [4.78, 5) is 6.78. The van der Waals surface area contributed by atoms with Gasteiger partial charge in [-0.05, 0) is 47.5 Å². The van der Waals surface area contributed by atoms with E-state index in [0.717, 1.165) is 29.1 Å². The average molecular weight is 494 g/mol. The highest BCUT2D eigenvalue weighted by Gasteiger charge is 2.29. The van der Waals surface area contributed by atoms with E-state index in [9.17, 15) is 21.6 Å². The normalized spacial score (nSPS) is 12.3. The smallest absolute Gasteiger partial charge is 0.422 e. The number of hydrogen-bond donors (Lipinski definition) is 4. The number of pyridine rings is 1. The summed E-state index contributed by atoms with van der Waals surface area (Å²) >= 11 is 0. The lowest BCUT2D eigenvalue weighted by atomic mass is 10.1. The standard InChI is InChI=1S/C22H22F3N5O3S/c1-27-16-6-3-14(4-7-16)15-5-10-20(28-12-15)30-21(26)29-18-9-8-17(34(2,31)32)11-19(18)33-13-22(23,24)25/h3-12,27H,13H2,1-2H3,(H3,26,28,29,30).